The molecule has 1 aliphatic rings. The van der Waals surface area contributed by atoms with Gasteiger partial charge in [0, 0.05) is 12.1 Å². The van der Waals surface area contributed by atoms with E-state index in [4.69, 9.17) is 0 Å². The van der Waals surface area contributed by atoms with Crippen LogP contribution in [0.3, 0.4) is 0 Å². The highest BCUT2D eigenvalue weighted by atomic mass is 32.2. The van der Waals surface area contributed by atoms with Crippen LogP contribution < -0.4 is 0 Å². The Hall–Kier alpha value is -1.11. The van der Waals surface area contributed by atoms with Gasteiger partial charge in [0.1, 0.15) is 0 Å². The van der Waals surface area contributed by atoms with E-state index in [0.717, 1.165) is 18.0 Å². The highest BCUT2D eigenvalue weighted by molar-refractivity contribution is 7.99. The number of tetrazole rings is 1. The third-order valence-electron chi connectivity index (χ3n) is 3.08. The quantitative estimate of drug-likeness (QED) is 0.744. The van der Waals surface area contributed by atoms with E-state index in [9.17, 15) is 4.79 Å². The van der Waals surface area contributed by atoms with Crippen LogP contribution in [0.15, 0.2) is 5.16 Å². The van der Waals surface area contributed by atoms with E-state index in [1.807, 2.05) is 37.3 Å². The largest absolute Gasteiger partial charge is 0.337 e. The minimum absolute atomic E-state index is 0.139. The highest BCUT2D eigenvalue weighted by Crippen LogP contribution is 2.36. The summed E-state index contributed by atoms with van der Waals surface area (Å²) in [6.07, 6.45) is 2.27. The number of rotatable bonds is 6. The summed E-state index contributed by atoms with van der Waals surface area (Å²) >= 11 is 1.43. The first kappa shape index (κ1) is 14.3. The molecule has 1 aromatic heterocycles. The molecule has 19 heavy (non-hydrogen) atoms. The molecule has 0 aliphatic heterocycles. The SMILES string of the molecule is CC(C)N(C(=O)CSc1nnnn1C1CC1)C(C)C. The van der Waals surface area contributed by atoms with Gasteiger partial charge >= 0.3 is 0 Å². The van der Waals surface area contributed by atoms with Gasteiger partial charge in [0.15, 0.2) is 0 Å². The predicted molar refractivity (Wildman–Crippen MR) is 73.9 cm³/mol. The van der Waals surface area contributed by atoms with Crippen molar-refractivity contribution in [2.24, 2.45) is 0 Å². The average Bonchev–Trinajstić information content (AvgIpc) is 3.05. The van der Waals surface area contributed by atoms with Crippen LogP contribution in [0.25, 0.3) is 0 Å². The van der Waals surface area contributed by atoms with Gasteiger partial charge in [-0.3, -0.25) is 4.79 Å². The second kappa shape index (κ2) is 5.90. The lowest BCUT2D eigenvalue weighted by Crippen LogP contribution is -2.43. The number of hydrogen-bond acceptors (Lipinski definition) is 5. The zero-order chi connectivity index (χ0) is 14.0. The van der Waals surface area contributed by atoms with Gasteiger partial charge in [-0.05, 0) is 51.0 Å². The Bertz CT molecular complexity index is 433. The summed E-state index contributed by atoms with van der Waals surface area (Å²) < 4.78 is 1.84. The number of thioether (sulfide) groups is 1. The van der Waals surface area contributed by atoms with Gasteiger partial charge < -0.3 is 4.90 Å². The van der Waals surface area contributed by atoms with Crippen molar-refractivity contribution >= 4 is 17.7 Å². The zero-order valence-electron chi connectivity index (χ0n) is 11.9. The maximum Gasteiger partial charge on any atom is 0.233 e. The molecule has 1 amide bonds. The van der Waals surface area contributed by atoms with Crippen LogP contribution in [-0.2, 0) is 4.79 Å². The molecule has 0 atom stereocenters. The Labute approximate surface area is 117 Å². The Morgan fingerprint density at radius 1 is 1.37 bits per heavy atom. The Kier molecular flexibility index (Phi) is 4.44. The summed E-state index contributed by atoms with van der Waals surface area (Å²) in [5.74, 6) is 0.532. The molecule has 0 aromatic carbocycles. The lowest BCUT2D eigenvalue weighted by atomic mass is 10.2. The molecule has 0 saturated heterocycles. The van der Waals surface area contributed by atoms with E-state index in [2.05, 4.69) is 15.5 Å². The third-order valence-corrected chi connectivity index (χ3v) is 4.00. The van der Waals surface area contributed by atoms with Crippen molar-refractivity contribution in [3.05, 3.63) is 0 Å². The molecule has 7 heteroatoms. The first-order valence-corrected chi connectivity index (χ1v) is 7.71. The molecule has 106 valence electrons. The van der Waals surface area contributed by atoms with Gasteiger partial charge in [0.05, 0.1) is 11.8 Å². The average molecular weight is 283 g/mol. The molecule has 0 spiro atoms. The van der Waals surface area contributed by atoms with Crippen LogP contribution in [0.2, 0.25) is 0 Å². The van der Waals surface area contributed by atoms with Crippen molar-refractivity contribution in [2.45, 2.75) is 63.8 Å². The molecule has 0 N–H and O–H groups in total. The normalized spacial score (nSPS) is 15.3. The van der Waals surface area contributed by atoms with Gasteiger partial charge in [-0.1, -0.05) is 11.8 Å². The molecule has 0 radical (unpaired) electrons. The maximum atomic E-state index is 12.2. The molecular formula is C12H21N5OS. The standard InChI is InChI=1S/C12H21N5OS/c1-8(2)16(9(3)4)11(18)7-19-12-13-14-15-17(12)10-5-6-10/h8-10H,5-7H2,1-4H3. The number of amides is 1. The molecule has 6 nitrogen and oxygen atoms in total. The summed E-state index contributed by atoms with van der Waals surface area (Å²) in [6, 6.07) is 0.874. The fourth-order valence-electron chi connectivity index (χ4n) is 2.20. The van der Waals surface area contributed by atoms with E-state index in [-0.39, 0.29) is 18.0 Å². The van der Waals surface area contributed by atoms with E-state index < -0.39 is 0 Å². The van der Waals surface area contributed by atoms with Gasteiger partial charge in [-0.2, -0.15) is 0 Å². The summed E-state index contributed by atoms with van der Waals surface area (Å²) in [5.41, 5.74) is 0. The van der Waals surface area contributed by atoms with Crippen molar-refractivity contribution in [1.82, 2.24) is 25.1 Å². The first-order valence-electron chi connectivity index (χ1n) is 6.72. The third kappa shape index (κ3) is 3.46. The van der Waals surface area contributed by atoms with Crippen molar-refractivity contribution in [3.8, 4) is 0 Å². The van der Waals surface area contributed by atoms with E-state index in [1.165, 1.54) is 11.8 Å². The zero-order valence-corrected chi connectivity index (χ0v) is 12.7. The van der Waals surface area contributed by atoms with Gasteiger partial charge in [-0.25, -0.2) is 4.68 Å². The maximum absolute atomic E-state index is 12.2. The van der Waals surface area contributed by atoms with Crippen LogP contribution in [0.5, 0.6) is 0 Å². The smallest absolute Gasteiger partial charge is 0.233 e. The lowest BCUT2D eigenvalue weighted by molar-refractivity contribution is -0.131. The van der Waals surface area contributed by atoms with Crippen molar-refractivity contribution in [3.63, 3.8) is 0 Å². The minimum Gasteiger partial charge on any atom is -0.337 e. The highest BCUT2D eigenvalue weighted by Gasteiger charge is 2.28. The summed E-state index contributed by atoms with van der Waals surface area (Å²) in [6.45, 7) is 8.15. The number of hydrogen-bond donors (Lipinski definition) is 0. The van der Waals surface area contributed by atoms with Crippen molar-refractivity contribution in [2.75, 3.05) is 5.75 Å². The Morgan fingerprint density at radius 3 is 2.53 bits per heavy atom. The minimum atomic E-state index is 0.139. The topological polar surface area (TPSA) is 63.9 Å². The number of nitrogens with zero attached hydrogens (tertiary/aromatic N) is 5. The summed E-state index contributed by atoms with van der Waals surface area (Å²) in [7, 11) is 0. The van der Waals surface area contributed by atoms with Crippen LogP contribution in [0, 0.1) is 0 Å². The molecule has 1 fully saturated rings. The molecular weight excluding hydrogens is 262 g/mol. The Morgan fingerprint density at radius 2 is 2.00 bits per heavy atom. The van der Waals surface area contributed by atoms with Crippen molar-refractivity contribution < 1.29 is 4.79 Å². The molecule has 1 aromatic rings. The predicted octanol–water partition coefficient (Wildman–Crippen LogP) is 1.75. The Balaban J connectivity index is 1.93. The molecule has 1 heterocycles. The van der Waals surface area contributed by atoms with Gasteiger partial charge in [0.2, 0.25) is 11.1 Å². The summed E-state index contributed by atoms with van der Waals surface area (Å²) in [5, 5.41) is 12.4. The second-order valence-electron chi connectivity index (χ2n) is 5.41. The monoisotopic (exact) mass is 283 g/mol. The van der Waals surface area contributed by atoms with E-state index in [1.54, 1.807) is 0 Å². The van der Waals surface area contributed by atoms with Crippen LogP contribution in [0.4, 0.5) is 0 Å². The van der Waals surface area contributed by atoms with Crippen LogP contribution in [0.1, 0.15) is 46.6 Å². The van der Waals surface area contributed by atoms with Crippen molar-refractivity contribution in [1.29, 1.82) is 0 Å². The molecule has 0 unspecified atom stereocenters. The lowest BCUT2D eigenvalue weighted by Gasteiger charge is -2.30. The van der Waals surface area contributed by atoms with Gasteiger partial charge in [-0.15, -0.1) is 5.10 Å². The number of aromatic nitrogens is 4. The molecule has 1 aliphatic carbocycles. The fourth-order valence-corrected chi connectivity index (χ4v) is 3.02. The fraction of sp³-hybridized carbons (Fsp3) is 0.833. The summed E-state index contributed by atoms with van der Waals surface area (Å²) in [4.78, 5) is 14.1. The van der Waals surface area contributed by atoms with Crippen LogP contribution >= 0.6 is 11.8 Å². The van der Waals surface area contributed by atoms with Crippen LogP contribution in [-0.4, -0.2) is 48.9 Å². The van der Waals surface area contributed by atoms with Gasteiger partial charge in [0.25, 0.3) is 0 Å². The molecule has 2 rings (SSSR count). The first-order chi connectivity index (χ1) is 9.00. The van der Waals surface area contributed by atoms with E-state index >= 15 is 0 Å². The molecule has 0 bridgehead atoms. The molecule has 1 saturated carbocycles. The second-order valence-corrected chi connectivity index (χ2v) is 6.36. The number of carbonyl (C=O) groups excluding carboxylic acids is 1. The van der Waals surface area contributed by atoms with E-state index in [0.29, 0.717) is 11.8 Å². The number of carbonyl (C=O) groups is 1.